The van der Waals surface area contributed by atoms with Crippen molar-refractivity contribution in [2.45, 2.75) is 25.3 Å². The van der Waals surface area contributed by atoms with E-state index in [0.717, 1.165) is 43.8 Å². The summed E-state index contributed by atoms with van der Waals surface area (Å²) in [5.74, 6) is 2.49. The molecule has 4 rings (SSSR count). The number of carbonyl (C=O) groups is 1. The highest BCUT2D eigenvalue weighted by molar-refractivity contribution is 5.92. The number of nitrogens with one attached hydrogen (secondary N) is 1. The first-order valence-corrected chi connectivity index (χ1v) is 9.95. The van der Waals surface area contributed by atoms with Crippen LogP contribution >= 0.6 is 0 Å². The van der Waals surface area contributed by atoms with Gasteiger partial charge in [-0.15, -0.1) is 0 Å². The van der Waals surface area contributed by atoms with Crippen molar-refractivity contribution >= 4 is 5.91 Å². The van der Waals surface area contributed by atoms with Gasteiger partial charge in [0.1, 0.15) is 11.5 Å². The molecule has 1 amide bonds. The van der Waals surface area contributed by atoms with E-state index in [1.807, 2.05) is 30.3 Å². The largest absolute Gasteiger partial charge is 0.497 e. The monoisotopic (exact) mass is 385 g/mol. The van der Waals surface area contributed by atoms with E-state index < -0.39 is 0 Å². The number of hydrogen-bond donors (Lipinski definition) is 1. The lowest BCUT2D eigenvalue weighted by molar-refractivity contribution is -0.0260. The van der Waals surface area contributed by atoms with E-state index in [0.29, 0.717) is 36.6 Å². The highest BCUT2D eigenvalue weighted by Crippen LogP contribution is 2.31. The van der Waals surface area contributed by atoms with Crippen LogP contribution in [0.5, 0.6) is 5.75 Å². The molecule has 0 bridgehead atoms. The van der Waals surface area contributed by atoms with Gasteiger partial charge in [-0.1, -0.05) is 0 Å². The van der Waals surface area contributed by atoms with Crippen molar-refractivity contribution in [1.29, 1.82) is 0 Å². The van der Waals surface area contributed by atoms with Crippen molar-refractivity contribution < 1.29 is 23.4 Å². The van der Waals surface area contributed by atoms with E-state index in [-0.39, 0.29) is 11.9 Å². The van der Waals surface area contributed by atoms with Crippen LogP contribution in [0.25, 0.3) is 11.3 Å². The standard InChI is InChI=1S/C22H27NO5/c1-25-17-4-2-16(3-5-17)20-6-7-21(28-20)22(24)23-19-10-13-27-14-18(19)15-8-11-26-12-9-15/h2-7,15,18-19H,8-14H2,1H3,(H,23,24)/t18-,19-/m0/s1. The first kappa shape index (κ1) is 19.0. The van der Waals surface area contributed by atoms with Gasteiger partial charge in [0.05, 0.1) is 13.7 Å². The Bertz CT molecular complexity index is 778. The van der Waals surface area contributed by atoms with Gasteiger partial charge < -0.3 is 23.9 Å². The molecule has 0 saturated carbocycles. The molecular weight excluding hydrogens is 358 g/mol. The van der Waals surface area contributed by atoms with Crippen molar-refractivity contribution in [2.24, 2.45) is 11.8 Å². The highest BCUT2D eigenvalue weighted by atomic mass is 16.5. The summed E-state index contributed by atoms with van der Waals surface area (Å²) in [5.41, 5.74) is 0.908. The van der Waals surface area contributed by atoms with E-state index >= 15 is 0 Å². The number of benzene rings is 1. The molecule has 0 spiro atoms. The molecule has 1 aromatic heterocycles. The summed E-state index contributed by atoms with van der Waals surface area (Å²) in [7, 11) is 1.63. The van der Waals surface area contributed by atoms with Crippen LogP contribution in [0.4, 0.5) is 0 Å². The molecule has 6 nitrogen and oxygen atoms in total. The molecular formula is C22H27NO5. The molecule has 1 N–H and O–H groups in total. The Balaban J connectivity index is 1.43. The summed E-state index contributed by atoms with van der Waals surface area (Å²) in [6.07, 6.45) is 2.89. The van der Waals surface area contributed by atoms with Gasteiger partial charge in [-0.2, -0.15) is 0 Å². The Hall–Kier alpha value is -2.31. The minimum atomic E-state index is -0.163. The van der Waals surface area contributed by atoms with Crippen molar-refractivity contribution in [3.8, 4) is 17.1 Å². The molecule has 0 radical (unpaired) electrons. The van der Waals surface area contributed by atoms with Crippen LogP contribution in [-0.2, 0) is 9.47 Å². The molecule has 28 heavy (non-hydrogen) atoms. The summed E-state index contributed by atoms with van der Waals surface area (Å²) in [6, 6.07) is 11.3. The van der Waals surface area contributed by atoms with Crippen LogP contribution in [0.3, 0.4) is 0 Å². The summed E-state index contributed by atoms with van der Waals surface area (Å²) < 4.78 is 22.2. The van der Waals surface area contributed by atoms with Gasteiger partial charge in [0.2, 0.25) is 0 Å². The average Bonchev–Trinajstić information content (AvgIpc) is 3.25. The van der Waals surface area contributed by atoms with E-state index in [1.165, 1.54) is 0 Å². The first-order chi connectivity index (χ1) is 13.7. The third-order valence-corrected chi connectivity index (χ3v) is 5.79. The van der Waals surface area contributed by atoms with Crippen LogP contribution in [0.15, 0.2) is 40.8 Å². The number of methoxy groups -OCH3 is 1. The predicted octanol–water partition coefficient (Wildman–Crippen LogP) is 3.52. The van der Waals surface area contributed by atoms with Gasteiger partial charge in [-0.05, 0) is 61.6 Å². The average molecular weight is 385 g/mol. The maximum absolute atomic E-state index is 12.8. The first-order valence-electron chi connectivity index (χ1n) is 9.95. The topological polar surface area (TPSA) is 69.9 Å². The minimum absolute atomic E-state index is 0.110. The zero-order valence-electron chi connectivity index (χ0n) is 16.2. The van der Waals surface area contributed by atoms with Crippen LogP contribution in [0, 0.1) is 11.8 Å². The zero-order valence-corrected chi connectivity index (χ0v) is 16.2. The normalized spacial score (nSPS) is 23.3. The Morgan fingerprint density at radius 1 is 1.00 bits per heavy atom. The van der Waals surface area contributed by atoms with Gasteiger partial charge in [0.25, 0.3) is 5.91 Å². The quantitative estimate of drug-likeness (QED) is 0.853. The second-order valence-electron chi connectivity index (χ2n) is 7.45. The molecule has 2 saturated heterocycles. The van der Waals surface area contributed by atoms with E-state index in [1.54, 1.807) is 13.2 Å². The van der Waals surface area contributed by atoms with Crippen LogP contribution in [0.2, 0.25) is 0 Å². The molecule has 0 aliphatic carbocycles. The van der Waals surface area contributed by atoms with Crippen LogP contribution in [0.1, 0.15) is 29.8 Å². The Kier molecular flexibility index (Phi) is 5.98. The van der Waals surface area contributed by atoms with E-state index in [9.17, 15) is 4.79 Å². The van der Waals surface area contributed by atoms with Gasteiger partial charge in [-0.3, -0.25) is 4.79 Å². The van der Waals surface area contributed by atoms with Crippen molar-refractivity contribution in [3.05, 3.63) is 42.2 Å². The summed E-state index contributed by atoms with van der Waals surface area (Å²) in [4.78, 5) is 12.8. The van der Waals surface area contributed by atoms with Gasteiger partial charge >= 0.3 is 0 Å². The third-order valence-electron chi connectivity index (χ3n) is 5.79. The molecule has 3 heterocycles. The lowest BCUT2D eigenvalue weighted by Crippen LogP contribution is -2.49. The summed E-state index contributed by atoms with van der Waals surface area (Å²) >= 11 is 0. The van der Waals surface area contributed by atoms with Crippen LogP contribution < -0.4 is 10.1 Å². The SMILES string of the molecule is COc1ccc(-c2ccc(C(=O)N[C@H]3CCOC[C@H]3C3CCOCC3)o2)cc1. The number of carbonyl (C=O) groups excluding carboxylic acids is 1. The number of ether oxygens (including phenoxy) is 3. The molecule has 0 unspecified atom stereocenters. The van der Waals surface area contributed by atoms with Crippen molar-refractivity contribution in [2.75, 3.05) is 33.5 Å². The number of hydrogen-bond acceptors (Lipinski definition) is 5. The predicted molar refractivity (Wildman–Crippen MR) is 104 cm³/mol. The van der Waals surface area contributed by atoms with Crippen LogP contribution in [-0.4, -0.2) is 45.5 Å². The number of rotatable bonds is 5. The lowest BCUT2D eigenvalue weighted by atomic mass is 9.79. The maximum atomic E-state index is 12.8. The highest BCUT2D eigenvalue weighted by Gasteiger charge is 2.34. The van der Waals surface area contributed by atoms with E-state index in [2.05, 4.69) is 5.32 Å². The molecule has 150 valence electrons. The van der Waals surface area contributed by atoms with Gasteiger partial charge in [-0.25, -0.2) is 0 Å². The summed E-state index contributed by atoms with van der Waals surface area (Å²) in [6.45, 7) is 2.97. The second kappa shape index (κ2) is 8.80. The van der Waals surface area contributed by atoms with Gasteiger partial charge in [0, 0.05) is 37.3 Å². The molecule has 2 atom stereocenters. The Labute approximate surface area is 165 Å². The maximum Gasteiger partial charge on any atom is 0.287 e. The zero-order chi connectivity index (χ0) is 19.3. The van der Waals surface area contributed by atoms with E-state index in [4.69, 9.17) is 18.6 Å². The smallest absolute Gasteiger partial charge is 0.287 e. The fourth-order valence-electron chi connectivity index (χ4n) is 4.16. The van der Waals surface area contributed by atoms with Gasteiger partial charge in [0.15, 0.2) is 5.76 Å². The molecule has 2 aliphatic heterocycles. The fraction of sp³-hybridized carbons (Fsp3) is 0.500. The van der Waals surface area contributed by atoms with Crippen molar-refractivity contribution in [1.82, 2.24) is 5.32 Å². The molecule has 2 fully saturated rings. The molecule has 6 heteroatoms. The summed E-state index contributed by atoms with van der Waals surface area (Å²) in [5, 5.41) is 3.19. The Morgan fingerprint density at radius 3 is 2.50 bits per heavy atom. The molecule has 2 aliphatic rings. The molecule has 2 aromatic rings. The number of amides is 1. The lowest BCUT2D eigenvalue weighted by Gasteiger charge is -2.38. The Morgan fingerprint density at radius 2 is 1.75 bits per heavy atom. The van der Waals surface area contributed by atoms with Crippen molar-refractivity contribution in [3.63, 3.8) is 0 Å². The minimum Gasteiger partial charge on any atom is -0.497 e. The third kappa shape index (κ3) is 4.23. The second-order valence-corrected chi connectivity index (χ2v) is 7.45. The molecule has 1 aromatic carbocycles. The fourth-order valence-corrected chi connectivity index (χ4v) is 4.16. The number of furan rings is 1.